The highest BCUT2D eigenvalue weighted by molar-refractivity contribution is 6.00. The summed E-state index contributed by atoms with van der Waals surface area (Å²) < 4.78 is 4.75. The summed E-state index contributed by atoms with van der Waals surface area (Å²) in [6.07, 6.45) is 0.557. The molecule has 1 unspecified atom stereocenters. The van der Waals surface area contributed by atoms with Gasteiger partial charge in [-0.25, -0.2) is 4.79 Å². The van der Waals surface area contributed by atoms with Crippen molar-refractivity contribution < 1.29 is 14.3 Å². The Hall–Kier alpha value is -3.97. The Kier molecular flexibility index (Phi) is 6.28. The number of aromatic amines is 1. The summed E-state index contributed by atoms with van der Waals surface area (Å²) in [4.78, 5) is 24.7. The average molecular weight is 428 g/mol. The summed E-state index contributed by atoms with van der Waals surface area (Å²) >= 11 is 0. The molecule has 3 aromatic carbocycles. The number of benzene rings is 3. The van der Waals surface area contributed by atoms with Crippen LogP contribution in [0.1, 0.15) is 28.3 Å². The molecule has 0 aliphatic rings. The Labute approximate surface area is 185 Å². The molecule has 0 spiro atoms. The number of esters is 1. The summed E-state index contributed by atoms with van der Waals surface area (Å²) in [5.74, 6) is -0.820. The third-order valence-electron chi connectivity index (χ3n) is 5.38. The summed E-state index contributed by atoms with van der Waals surface area (Å²) in [5, 5.41) is 11.3. The van der Waals surface area contributed by atoms with E-state index in [2.05, 4.69) is 15.5 Å². The fourth-order valence-electron chi connectivity index (χ4n) is 3.72. The molecule has 4 aromatic rings. The van der Waals surface area contributed by atoms with Crippen molar-refractivity contribution in [2.24, 2.45) is 5.73 Å². The fourth-order valence-corrected chi connectivity index (χ4v) is 3.72. The molecule has 0 fully saturated rings. The van der Waals surface area contributed by atoms with E-state index in [1.807, 2.05) is 60.7 Å². The molecule has 32 heavy (non-hydrogen) atoms. The van der Waals surface area contributed by atoms with Gasteiger partial charge in [0.05, 0.1) is 29.8 Å². The van der Waals surface area contributed by atoms with Gasteiger partial charge >= 0.3 is 5.97 Å². The number of carbonyl (C=O) groups is 2. The second kappa shape index (κ2) is 9.45. The fraction of sp³-hybridized carbons (Fsp3) is 0.160. The van der Waals surface area contributed by atoms with Crippen LogP contribution in [0.2, 0.25) is 0 Å². The summed E-state index contributed by atoms with van der Waals surface area (Å²) in [7, 11) is 1.35. The minimum absolute atomic E-state index is 0.103. The molecule has 0 radical (unpaired) electrons. The van der Waals surface area contributed by atoms with Crippen LogP contribution in [0.25, 0.3) is 22.2 Å². The van der Waals surface area contributed by atoms with Crippen molar-refractivity contribution in [1.82, 2.24) is 10.2 Å². The monoisotopic (exact) mass is 428 g/mol. The third-order valence-corrected chi connectivity index (χ3v) is 5.38. The lowest BCUT2D eigenvalue weighted by atomic mass is 9.94. The minimum atomic E-state index is -0.390. The van der Waals surface area contributed by atoms with Gasteiger partial charge in [0, 0.05) is 16.6 Å². The Morgan fingerprint density at radius 1 is 1.06 bits per heavy atom. The van der Waals surface area contributed by atoms with Crippen molar-refractivity contribution in [3.63, 3.8) is 0 Å². The van der Waals surface area contributed by atoms with Gasteiger partial charge in [-0.15, -0.1) is 0 Å². The molecule has 1 aromatic heterocycles. The van der Waals surface area contributed by atoms with Crippen LogP contribution in [-0.2, 0) is 9.53 Å². The highest BCUT2D eigenvalue weighted by Gasteiger charge is 2.20. The van der Waals surface area contributed by atoms with Crippen LogP contribution in [0.3, 0.4) is 0 Å². The van der Waals surface area contributed by atoms with Gasteiger partial charge in [-0.3, -0.25) is 9.89 Å². The van der Waals surface area contributed by atoms with Gasteiger partial charge in [-0.2, -0.15) is 5.10 Å². The normalized spacial score (nSPS) is 11.8. The van der Waals surface area contributed by atoms with Crippen molar-refractivity contribution >= 4 is 28.5 Å². The lowest BCUT2D eigenvalue weighted by Gasteiger charge is -2.16. The zero-order chi connectivity index (χ0) is 22.5. The molecule has 0 saturated heterocycles. The van der Waals surface area contributed by atoms with Crippen molar-refractivity contribution in [1.29, 1.82) is 0 Å². The largest absolute Gasteiger partial charge is 0.465 e. The SMILES string of the molecule is COC(=O)c1ccc(-c2n[nH]c3ccc(NC(=O)C(CCN)c4ccccc4)cc23)cc1. The molecule has 4 N–H and O–H groups in total. The lowest BCUT2D eigenvalue weighted by molar-refractivity contribution is -0.117. The predicted molar refractivity (Wildman–Crippen MR) is 124 cm³/mol. The topological polar surface area (TPSA) is 110 Å². The van der Waals surface area contributed by atoms with E-state index in [1.165, 1.54) is 7.11 Å². The third kappa shape index (κ3) is 4.38. The maximum Gasteiger partial charge on any atom is 0.337 e. The van der Waals surface area contributed by atoms with Crippen LogP contribution in [0.5, 0.6) is 0 Å². The summed E-state index contributed by atoms with van der Waals surface area (Å²) in [5.41, 5.74) is 10.3. The quantitative estimate of drug-likeness (QED) is 0.384. The standard InChI is InChI=1S/C25H24N4O3/c1-32-25(31)18-9-7-17(8-10-18)23-21-15-19(11-12-22(21)28-29-23)27-24(30)20(13-14-26)16-5-3-2-4-6-16/h2-12,15,20H,13-14,26H2,1H3,(H,27,30)(H,28,29). The second-order valence-electron chi connectivity index (χ2n) is 7.43. The number of rotatable bonds is 7. The van der Waals surface area contributed by atoms with Gasteiger partial charge in [0.1, 0.15) is 0 Å². The van der Waals surface area contributed by atoms with E-state index in [0.29, 0.717) is 24.2 Å². The van der Waals surface area contributed by atoms with Gasteiger partial charge in [0.15, 0.2) is 0 Å². The number of amides is 1. The second-order valence-corrected chi connectivity index (χ2v) is 7.43. The number of anilines is 1. The Balaban J connectivity index is 1.61. The molecule has 0 aliphatic heterocycles. The van der Waals surface area contributed by atoms with Gasteiger partial charge in [-0.05, 0) is 48.9 Å². The molecular weight excluding hydrogens is 404 g/mol. The summed E-state index contributed by atoms with van der Waals surface area (Å²) in [6, 6.07) is 22.3. The molecule has 1 heterocycles. The Bertz CT molecular complexity index is 1230. The number of hydrogen-bond acceptors (Lipinski definition) is 5. The highest BCUT2D eigenvalue weighted by atomic mass is 16.5. The first-order chi connectivity index (χ1) is 15.6. The number of H-pyrrole nitrogens is 1. The lowest BCUT2D eigenvalue weighted by Crippen LogP contribution is -2.23. The van der Waals surface area contributed by atoms with E-state index < -0.39 is 0 Å². The number of nitrogens with zero attached hydrogens (tertiary/aromatic N) is 1. The number of ether oxygens (including phenoxy) is 1. The van der Waals surface area contributed by atoms with E-state index in [1.54, 1.807) is 12.1 Å². The van der Waals surface area contributed by atoms with Crippen LogP contribution < -0.4 is 11.1 Å². The zero-order valence-electron chi connectivity index (χ0n) is 17.7. The van der Waals surface area contributed by atoms with Crippen LogP contribution in [0.15, 0.2) is 72.8 Å². The maximum atomic E-state index is 13.0. The molecule has 0 bridgehead atoms. The number of methoxy groups -OCH3 is 1. The molecule has 1 atom stereocenters. The highest BCUT2D eigenvalue weighted by Crippen LogP contribution is 2.29. The Morgan fingerprint density at radius 2 is 1.81 bits per heavy atom. The molecule has 0 saturated carbocycles. The number of hydrogen-bond donors (Lipinski definition) is 3. The van der Waals surface area contributed by atoms with Crippen molar-refractivity contribution in [3.8, 4) is 11.3 Å². The number of nitrogens with one attached hydrogen (secondary N) is 2. The zero-order valence-corrected chi connectivity index (χ0v) is 17.7. The first kappa shape index (κ1) is 21.3. The van der Waals surface area contributed by atoms with E-state index in [4.69, 9.17) is 10.5 Å². The van der Waals surface area contributed by atoms with E-state index in [-0.39, 0.29) is 17.8 Å². The van der Waals surface area contributed by atoms with Crippen LogP contribution >= 0.6 is 0 Å². The molecular formula is C25H24N4O3. The smallest absolute Gasteiger partial charge is 0.337 e. The van der Waals surface area contributed by atoms with Gasteiger partial charge in [0.2, 0.25) is 5.91 Å². The van der Waals surface area contributed by atoms with E-state index >= 15 is 0 Å². The van der Waals surface area contributed by atoms with Gasteiger partial charge < -0.3 is 15.8 Å². The van der Waals surface area contributed by atoms with Gasteiger partial charge in [0.25, 0.3) is 0 Å². The number of nitrogens with two attached hydrogens (primary N) is 1. The van der Waals surface area contributed by atoms with E-state index in [9.17, 15) is 9.59 Å². The number of aromatic nitrogens is 2. The van der Waals surface area contributed by atoms with Crippen molar-refractivity contribution in [3.05, 3.63) is 83.9 Å². The number of fused-ring (bicyclic) bond motifs is 1. The summed E-state index contributed by atoms with van der Waals surface area (Å²) in [6.45, 7) is 0.416. The molecule has 0 aliphatic carbocycles. The first-order valence-electron chi connectivity index (χ1n) is 10.3. The van der Waals surface area contributed by atoms with E-state index in [0.717, 1.165) is 27.7 Å². The average Bonchev–Trinajstić information content (AvgIpc) is 3.26. The minimum Gasteiger partial charge on any atom is -0.465 e. The molecule has 4 rings (SSSR count). The first-order valence-corrected chi connectivity index (χ1v) is 10.3. The molecule has 162 valence electrons. The molecule has 7 heteroatoms. The van der Waals surface area contributed by atoms with Crippen LogP contribution in [0, 0.1) is 0 Å². The predicted octanol–water partition coefficient (Wildman–Crippen LogP) is 4.09. The maximum absolute atomic E-state index is 13.0. The van der Waals surface area contributed by atoms with Crippen molar-refractivity contribution in [2.45, 2.75) is 12.3 Å². The Morgan fingerprint density at radius 3 is 2.50 bits per heavy atom. The van der Waals surface area contributed by atoms with Crippen molar-refractivity contribution in [2.75, 3.05) is 19.0 Å². The van der Waals surface area contributed by atoms with Crippen LogP contribution in [0.4, 0.5) is 5.69 Å². The molecule has 7 nitrogen and oxygen atoms in total. The van der Waals surface area contributed by atoms with Crippen LogP contribution in [-0.4, -0.2) is 35.7 Å². The van der Waals surface area contributed by atoms with Gasteiger partial charge in [-0.1, -0.05) is 42.5 Å². The number of carbonyl (C=O) groups excluding carboxylic acids is 2. The molecule has 1 amide bonds.